The zero-order chi connectivity index (χ0) is 12.1. The maximum absolute atomic E-state index is 5.66. The van der Waals surface area contributed by atoms with E-state index in [0.29, 0.717) is 11.8 Å². The molecule has 1 aromatic heterocycles. The van der Waals surface area contributed by atoms with Crippen LogP contribution in [0.4, 0.5) is 0 Å². The molecule has 2 aromatic rings. The number of hydrogen-bond donors (Lipinski definition) is 1. The molecule has 0 saturated carbocycles. The van der Waals surface area contributed by atoms with E-state index >= 15 is 0 Å². The van der Waals surface area contributed by atoms with E-state index in [1.807, 2.05) is 25.2 Å². The minimum Gasteiger partial charge on any atom is -0.330 e. The minimum atomic E-state index is 0.297. The molecule has 17 heavy (non-hydrogen) atoms. The number of tetrazole rings is 1. The van der Waals surface area contributed by atoms with E-state index in [1.54, 1.807) is 16.4 Å². The summed E-state index contributed by atoms with van der Waals surface area (Å²) in [4.78, 5) is 0. The number of nitrogens with zero attached hydrogens (tertiary/aromatic N) is 4. The summed E-state index contributed by atoms with van der Waals surface area (Å²) in [6.45, 7) is 0.651. The Kier molecular flexibility index (Phi) is 4.11. The van der Waals surface area contributed by atoms with Gasteiger partial charge >= 0.3 is 0 Å². The third kappa shape index (κ3) is 3.04. The quantitative estimate of drug-likeness (QED) is 0.811. The molecule has 0 amide bonds. The lowest BCUT2D eigenvalue weighted by molar-refractivity contribution is 0.662. The predicted octanol–water partition coefficient (Wildman–Crippen LogP) is 1.39. The van der Waals surface area contributed by atoms with Crippen LogP contribution in [-0.4, -0.2) is 26.8 Å². The van der Waals surface area contributed by atoms with Gasteiger partial charge in [0.05, 0.1) is 0 Å². The molecule has 1 aromatic carbocycles. The second-order valence-corrected chi connectivity index (χ2v) is 4.85. The monoisotopic (exact) mass is 249 g/mol. The van der Waals surface area contributed by atoms with Crippen LogP contribution < -0.4 is 5.73 Å². The summed E-state index contributed by atoms with van der Waals surface area (Å²) < 4.78 is 1.68. The summed E-state index contributed by atoms with van der Waals surface area (Å²) >= 11 is 1.65. The highest BCUT2D eigenvalue weighted by molar-refractivity contribution is 7.99. The van der Waals surface area contributed by atoms with Gasteiger partial charge in [-0.05, 0) is 29.0 Å². The Hall–Kier alpha value is -1.40. The first-order valence-corrected chi connectivity index (χ1v) is 6.33. The van der Waals surface area contributed by atoms with Crippen molar-refractivity contribution >= 4 is 11.8 Å². The third-order valence-electron chi connectivity index (χ3n) is 2.43. The molecule has 0 spiro atoms. The van der Waals surface area contributed by atoms with Crippen molar-refractivity contribution in [3.8, 4) is 0 Å². The van der Waals surface area contributed by atoms with Gasteiger partial charge in [0.2, 0.25) is 5.16 Å². The molecule has 6 heteroatoms. The van der Waals surface area contributed by atoms with Gasteiger partial charge in [0.25, 0.3) is 0 Å². The normalized spacial score (nSPS) is 12.6. The highest BCUT2D eigenvalue weighted by Crippen LogP contribution is 2.35. The highest BCUT2D eigenvalue weighted by atomic mass is 32.2. The Bertz CT molecular complexity index is 456. The Morgan fingerprint density at radius 3 is 2.71 bits per heavy atom. The van der Waals surface area contributed by atoms with Crippen molar-refractivity contribution in [3.05, 3.63) is 35.9 Å². The van der Waals surface area contributed by atoms with E-state index in [-0.39, 0.29) is 0 Å². The van der Waals surface area contributed by atoms with Crippen LogP contribution in [0, 0.1) is 0 Å². The van der Waals surface area contributed by atoms with Crippen LogP contribution in [0.25, 0.3) is 0 Å². The molecule has 2 rings (SSSR count). The van der Waals surface area contributed by atoms with Gasteiger partial charge in [-0.3, -0.25) is 0 Å². The van der Waals surface area contributed by atoms with Gasteiger partial charge in [-0.15, -0.1) is 5.10 Å². The molecular weight excluding hydrogens is 234 g/mol. The Labute approximate surface area is 104 Å². The second-order valence-electron chi connectivity index (χ2n) is 3.68. The van der Waals surface area contributed by atoms with Crippen LogP contribution in [0.1, 0.15) is 17.2 Å². The van der Waals surface area contributed by atoms with E-state index in [9.17, 15) is 0 Å². The van der Waals surface area contributed by atoms with Crippen molar-refractivity contribution in [2.75, 3.05) is 6.54 Å². The standard InChI is InChI=1S/C11H15N5S/c1-16-11(13-14-15-16)17-10(7-8-12)9-5-3-2-4-6-9/h2-6,10H,7-8,12H2,1H3. The Balaban J connectivity index is 2.16. The molecule has 0 fully saturated rings. The Morgan fingerprint density at radius 2 is 2.12 bits per heavy atom. The van der Waals surface area contributed by atoms with Crippen molar-refractivity contribution < 1.29 is 0 Å². The van der Waals surface area contributed by atoms with E-state index in [0.717, 1.165) is 11.6 Å². The summed E-state index contributed by atoms with van der Waals surface area (Å²) in [5.74, 6) is 0. The predicted molar refractivity (Wildman–Crippen MR) is 67.5 cm³/mol. The molecule has 1 unspecified atom stereocenters. The van der Waals surface area contributed by atoms with Gasteiger partial charge < -0.3 is 5.73 Å². The molecular formula is C11H15N5S. The first-order chi connectivity index (χ1) is 8.31. The number of nitrogens with two attached hydrogens (primary N) is 1. The maximum atomic E-state index is 5.66. The van der Waals surface area contributed by atoms with Gasteiger partial charge in [-0.25, -0.2) is 4.68 Å². The molecule has 0 aliphatic heterocycles. The number of aromatic nitrogens is 4. The van der Waals surface area contributed by atoms with Crippen molar-refractivity contribution in [2.24, 2.45) is 12.8 Å². The zero-order valence-corrected chi connectivity index (χ0v) is 10.5. The van der Waals surface area contributed by atoms with Crippen molar-refractivity contribution in [1.82, 2.24) is 20.2 Å². The number of rotatable bonds is 5. The molecule has 0 aliphatic rings. The number of benzene rings is 1. The lowest BCUT2D eigenvalue weighted by Crippen LogP contribution is -2.06. The fraction of sp³-hybridized carbons (Fsp3) is 0.364. The zero-order valence-electron chi connectivity index (χ0n) is 9.65. The van der Waals surface area contributed by atoms with Crippen molar-refractivity contribution in [3.63, 3.8) is 0 Å². The smallest absolute Gasteiger partial charge is 0.209 e. The summed E-state index contributed by atoms with van der Waals surface area (Å²) in [6, 6.07) is 10.3. The topological polar surface area (TPSA) is 69.6 Å². The van der Waals surface area contributed by atoms with Crippen LogP contribution in [0.15, 0.2) is 35.5 Å². The number of hydrogen-bond acceptors (Lipinski definition) is 5. The summed E-state index contributed by atoms with van der Waals surface area (Å²) in [7, 11) is 1.84. The lowest BCUT2D eigenvalue weighted by Gasteiger charge is -2.14. The van der Waals surface area contributed by atoms with Gasteiger partial charge in [-0.2, -0.15) is 0 Å². The van der Waals surface area contributed by atoms with Crippen LogP contribution in [-0.2, 0) is 7.05 Å². The van der Waals surface area contributed by atoms with Crippen molar-refractivity contribution in [2.45, 2.75) is 16.8 Å². The average Bonchev–Trinajstić information content (AvgIpc) is 2.76. The van der Waals surface area contributed by atoms with Crippen LogP contribution in [0.5, 0.6) is 0 Å². The second kappa shape index (κ2) is 5.79. The number of thioether (sulfide) groups is 1. The Morgan fingerprint density at radius 1 is 1.35 bits per heavy atom. The van der Waals surface area contributed by atoms with E-state index in [2.05, 4.69) is 27.7 Å². The lowest BCUT2D eigenvalue weighted by atomic mass is 10.1. The minimum absolute atomic E-state index is 0.297. The maximum Gasteiger partial charge on any atom is 0.209 e. The van der Waals surface area contributed by atoms with E-state index in [4.69, 9.17) is 5.73 Å². The first kappa shape index (κ1) is 12.1. The molecule has 1 atom stereocenters. The van der Waals surface area contributed by atoms with Crippen LogP contribution in [0.2, 0.25) is 0 Å². The summed E-state index contributed by atoms with van der Waals surface area (Å²) in [6.07, 6.45) is 0.904. The SMILES string of the molecule is Cn1nnnc1SC(CCN)c1ccccc1. The van der Waals surface area contributed by atoms with Gasteiger partial charge in [0.1, 0.15) is 0 Å². The van der Waals surface area contributed by atoms with Gasteiger partial charge in [-0.1, -0.05) is 42.1 Å². The van der Waals surface area contributed by atoms with Crippen molar-refractivity contribution in [1.29, 1.82) is 0 Å². The molecule has 0 bridgehead atoms. The molecule has 5 nitrogen and oxygen atoms in total. The number of aryl methyl sites for hydroxylation is 1. The summed E-state index contributed by atoms with van der Waals surface area (Å²) in [5.41, 5.74) is 6.92. The highest BCUT2D eigenvalue weighted by Gasteiger charge is 2.15. The largest absolute Gasteiger partial charge is 0.330 e. The molecule has 90 valence electrons. The van der Waals surface area contributed by atoms with Crippen LogP contribution >= 0.6 is 11.8 Å². The molecule has 1 heterocycles. The van der Waals surface area contributed by atoms with E-state index in [1.165, 1.54) is 5.56 Å². The molecule has 0 aliphatic carbocycles. The fourth-order valence-corrected chi connectivity index (χ4v) is 2.64. The summed E-state index contributed by atoms with van der Waals surface area (Å²) in [5, 5.41) is 12.6. The first-order valence-electron chi connectivity index (χ1n) is 5.45. The molecule has 0 radical (unpaired) electrons. The van der Waals surface area contributed by atoms with Gasteiger partial charge in [0.15, 0.2) is 0 Å². The average molecular weight is 249 g/mol. The third-order valence-corrected chi connectivity index (χ3v) is 3.78. The molecule has 0 saturated heterocycles. The fourth-order valence-electron chi connectivity index (χ4n) is 1.56. The van der Waals surface area contributed by atoms with Crippen LogP contribution in [0.3, 0.4) is 0 Å². The van der Waals surface area contributed by atoms with E-state index < -0.39 is 0 Å². The van der Waals surface area contributed by atoms with Gasteiger partial charge in [0, 0.05) is 12.3 Å². The molecule has 2 N–H and O–H groups in total.